The Kier molecular flexibility index (Phi) is 6.85. The van der Waals surface area contributed by atoms with Crippen molar-refractivity contribution in [1.29, 1.82) is 5.26 Å². The smallest absolute Gasteiger partial charge is 0.239 e. The third-order valence-electron chi connectivity index (χ3n) is 5.16. The second kappa shape index (κ2) is 9.54. The summed E-state index contributed by atoms with van der Waals surface area (Å²) < 4.78 is 7.13. The number of fused-ring (bicyclic) bond motifs is 1. The Morgan fingerprint density at radius 2 is 2.04 bits per heavy atom. The molecule has 1 aromatic carbocycles. The van der Waals surface area contributed by atoms with Crippen LogP contribution < -0.4 is 5.32 Å². The molecule has 1 aliphatic carbocycles. The van der Waals surface area contributed by atoms with Crippen LogP contribution in [0, 0.1) is 11.3 Å². The maximum absolute atomic E-state index is 12.7. The minimum Gasteiger partial charge on any atom is -0.385 e. The minimum absolute atomic E-state index is 0.108. The number of benzene rings is 1. The van der Waals surface area contributed by atoms with Gasteiger partial charge in [0.05, 0.1) is 12.1 Å². The van der Waals surface area contributed by atoms with E-state index in [-0.39, 0.29) is 12.5 Å². The predicted molar refractivity (Wildman–Crippen MR) is 110 cm³/mol. The van der Waals surface area contributed by atoms with E-state index in [1.54, 1.807) is 7.11 Å². The van der Waals surface area contributed by atoms with Crippen LogP contribution in [-0.2, 0) is 22.4 Å². The van der Waals surface area contributed by atoms with Crippen LogP contribution in [0.5, 0.6) is 0 Å². The topological polar surface area (TPSA) is 70.3 Å². The van der Waals surface area contributed by atoms with Crippen molar-refractivity contribution in [2.45, 2.75) is 32.1 Å². The predicted octanol–water partition coefficient (Wildman–Crippen LogP) is 3.13. The number of likely N-dealkylation sites (N-methyl/N-ethyl adjacent to an activating group) is 1. The molecular weight excluding hydrogens is 352 g/mol. The number of nitriles is 1. The molecule has 2 aromatic rings. The van der Waals surface area contributed by atoms with E-state index in [9.17, 15) is 10.1 Å². The summed E-state index contributed by atoms with van der Waals surface area (Å²) in [6.45, 7) is 1.73. The standard InChI is InChI=1S/C22H28N4O2/c1-25(13-8-14-28-2)16-21(27)24-22-19(15-23)18-11-6-7-12-20(18)26(22)17-9-4-3-5-10-17/h3-5,9-10H,6-8,11-14,16H2,1-2H3,(H,24,27). The Labute approximate surface area is 166 Å². The van der Waals surface area contributed by atoms with Crippen LogP contribution in [0.4, 0.5) is 5.82 Å². The molecule has 0 bridgehead atoms. The van der Waals surface area contributed by atoms with Crippen molar-refractivity contribution >= 4 is 11.7 Å². The fourth-order valence-corrected chi connectivity index (χ4v) is 3.87. The van der Waals surface area contributed by atoms with Gasteiger partial charge in [0.15, 0.2) is 0 Å². The SMILES string of the molecule is COCCCN(C)CC(=O)Nc1c(C#N)c2c(n1-c1ccccc1)CCCC2. The van der Waals surface area contributed by atoms with Crippen LogP contribution in [0.2, 0.25) is 0 Å². The van der Waals surface area contributed by atoms with E-state index in [1.165, 1.54) is 0 Å². The van der Waals surface area contributed by atoms with E-state index in [0.717, 1.165) is 55.6 Å². The minimum atomic E-state index is -0.108. The molecule has 0 unspecified atom stereocenters. The van der Waals surface area contributed by atoms with Crippen LogP contribution in [-0.4, -0.2) is 49.2 Å². The zero-order valence-electron chi connectivity index (χ0n) is 16.7. The molecule has 3 rings (SSSR count). The average molecular weight is 380 g/mol. The van der Waals surface area contributed by atoms with Crippen LogP contribution in [0.3, 0.4) is 0 Å². The fourth-order valence-electron chi connectivity index (χ4n) is 3.87. The van der Waals surface area contributed by atoms with E-state index in [1.807, 2.05) is 42.3 Å². The summed E-state index contributed by atoms with van der Waals surface area (Å²) in [5.74, 6) is 0.499. The Hall–Kier alpha value is -2.62. The normalized spacial score (nSPS) is 13.2. The number of carbonyl (C=O) groups is 1. The van der Waals surface area contributed by atoms with Gasteiger partial charge in [0.1, 0.15) is 11.9 Å². The number of nitrogens with one attached hydrogen (secondary N) is 1. The van der Waals surface area contributed by atoms with Crippen molar-refractivity contribution < 1.29 is 9.53 Å². The molecule has 1 N–H and O–H groups in total. The molecule has 0 spiro atoms. The number of ether oxygens (including phenoxy) is 1. The summed E-state index contributed by atoms with van der Waals surface area (Å²) in [4.78, 5) is 14.7. The molecule has 148 valence electrons. The Morgan fingerprint density at radius 1 is 1.29 bits per heavy atom. The molecule has 0 saturated carbocycles. The first-order valence-corrected chi connectivity index (χ1v) is 9.85. The van der Waals surface area contributed by atoms with Crippen molar-refractivity contribution in [3.8, 4) is 11.8 Å². The number of para-hydroxylation sites is 1. The molecule has 0 saturated heterocycles. The summed E-state index contributed by atoms with van der Waals surface area (Å²) in [6, 6.07) is 12.3. The molecule has 1 aromatic heterocycles. The van der Waals surface area contributed by atoms with Gasteiger partial charge < -0.3 is 10.1 Å². The highest BCUT2D eigenvalue weighted by molar-refractivity contribution is 5.93. The van der Waals surface area contributed by atoms with Crippen molar-refractivity contribution in [1.82, 2.24) is 9.47 Å². The quantitative estimate of drug-likeness (QED) is 0.714. The number of rotatable bonds is 8. The Morgan fingerprint density at radius 3 is 2.75 bits per heavy atom. The number of hydrogen-bond acceptors (Lipinski definition) is 4. The maximum atomic E-state index is 12.7. The highest BCUT2D eigenvalue weighted by Gasteiger charge is 2.26. The van der Waals surface area contributed by atoms with E-state index in [2.05, 4.69) is 16.0 Å². The van der Waals surface area contributed by atoms with Gasteiger partial charge in [0, 0.05) is 31.6 Å². The summed E-state index contributed by atoms with van der Waals surface area (Å²) >= 11 is 0. The van der Waals surface area contributed by atoms with E-state index in [0.29, 0.717) is 18.0 Å². The molecule has 0 atom stereocenters. The third kappa shape index (κ3) is 4.44. The number of nitrogens with zero attached hydrogens (tertiary/aromatic N) is 3. The molecule has 0 radical (unpaired) electrons. The summed E-state index contributed by atoms with van der Waals surface area (Å²) in [5.41, 5.74) is 3.82. The van der Waals surface area contributed by atoms with Gasteiger partial charge in [0.25, 0.3) is 0 Å². The van der Waals surface area contributed by atoms with Crippen molar-refractivity contribution in [2.75, 3.05) is 39.2 Å². The average Bonchev–Trinajstić information content (AvgIpc) is 3.01. The van der Waals surface area contributed by atoms with Gasteiger partial charge in [0.2, 0.25) is 5.91 Å². The second-order valence-electron chi connectivity index (χ2n) is 7.27. The monoisotopic (exact) mass is 380 g/mol. The molecule has 28 heavy (non-hydrogen) atoms. The van der Waals surface area contributed by atoms with Gasteiger partial charge in [-0.05, 0) is 56.8 Å². The van der Waals surface area contributed by atoms with Gasteiger partial charge in [-0.3, -0.25) is 14.3 Å². The lowest BCUT2D eigenvalue weighted by Gasteiger charge is -2.18. The van der Waals surface area contributed by atoms with Gasteiger partial charge in [-0.15, -0.1) is 0 Å². The largest absolute Gasteiger partial charge is 0.385 e. The molecule has 1 heterocycles. The molecule has 1 amide bonds. The van der Waals surface area contributed by atoms with Crippen molar-refractivity contribution in [2.24, 2.45) is 0 Å². The third-order valence-corrected chi connectivity index (χ3v) is 5.16. The van der Waals surface area contributed by atoms with Gasteiger partial charge in [-0.2, -0.15) is 5.26 Å². The fraction of sp³-hybridized carbons (Fsp3) is 0.455. The molecule has 0 aliphatic heterocycles. The van der Waals surface area contributed by atoms with Crippen LogP contribution >= 0.6 is 0 Å². The van der Waals surface area contributed by atoms with Crippen LogP contribution in [0.25, 0.3) is 5.69 Å². The van der Waals surface area contributed by atoms with Gasteiger partial charge >= 0.3 is 0 Å². The number of amides is 1. The highest BCUT2D eigenvalue weighted by atomic mass is 16.5. The van der Waals surface area contributed by atoms with Gasteiger partial charge in [-0.1, -0.05) is 18.2 Å². The van der Waals surface area contributed by atoms with Crippen LogP contribution in [0.15, 0.2) is 30.3 Å². The highest BCUT2D eigenvalue weighted by Crippen LogP contribution is 2.35. The maximum Gasteiger partial charge on any atom is 0.239 e. The van der Waals surface area contributed by atoms with Crippen molar-refractivity contribution in [3.63, 3.8) is 0 Å². The number of anilines is 1. The molecule has 6 heteroatoms. The molecule has 1 aliphatic rings. The van der Waals surface area contributed by atoms with E-state index in [4.69, 9.17) is 4.74 Å². The number of aromatic nitrogens is 1. The Balaban J connectivity index is 1.88. The van der Waals surface area contributed by atoms with Crippen molar-refractivity contribution in [3.05, 3.63) is 47.2 Å². The summed E-state index contributed by atoms with van der Waals surface area (Å²) in [6.07, 6.45) is 4.86. The molecular formula is C22H28N4O2. The zero-order valence-corrected chi connectivity index (χ0v) is 16.7. The van der Waals surface area contributed by atoms with E-state index >= 15 is 0 Å². The molecule has 0 fully saturated rings. The van der Waals surface area contributed by atoms with Gasteiger partial charge in [-0.25, -0.2) is 0 Å². The first-order chi connectivity index (χ1) is 13.7. The Bertz CT molecular complexity index is 852. The summed E-state index contributed by atoms with van der Waals surface area (Å²) in [7, 11) is 3.59. The first kappa shape index (κ1) is 20.1. The number of hydrogen-bond donors (Lipinski definition) is 1. The number of methoxy groups -OCH3 is 1. The lowest BCUT2D eigenvalue weighted by molar-refractivity contribution is -0.117. The molecule has 6 nitrogen and oxygen atoms in total. The first-order valence-electron chi connectivity index (χ1n) is 9.85. The van der Waals surface area contributed by atoms with Crippen LogP contribution in [0.1, 0.15) is 36.1 Å². The zero-order chi connectivity index (χ0) is 19.9. The second-order valence-corrected chi connectivity index (χ2v) is 7.27. The number of carbonyl (C=O) groups excluding carboxylic acids is 1. The lowest BCUT2D eigenvalue weighted by Crippen LogP contribution is -2.32. The lowest BCUT2D eigenvalue weighted by atomic mass is 9.95. The summed E-state index contributed by atoms with van der Waals surface area (Å²) in [5, 5.41) is 12.9. The van der Waals surface area contributed by atoms with E-state index < -0.39 is 0 Å².